The Morgan fingerprint density at radius 3 is 2.39 bits per heavy atom. The van der Waals surface area contributed by atoms with Gasteiger partial charge in [0.1, 0.15) is 0 Å². The quantitative estimate of drug-likeness (QED) is 0.613. The van der Waals surface area contributed by atoms with E-state index in [9.17, 15) is 0 Å². The molecule has 0 bridgehead atoms. The molecule has 18 heavy (non-hydrogen) atoms. The Hall–Kier alpha value is -0.470. The fraction of sp³-hybridized carbons (Fsp3) is 0.625. The van der Waals surface area contributed by atoms with Crippen molar-refractivity contribution in [1.82, 2.24) is 5.32 Å². The van der Waals surface area contributed by atoms with E-state index in [2.05, 4.69) is 50.4 Å². The highest BCUT2D eigenvalue weighted by Gasteiger charge is 2.19. The van der Waals surface area contributed by atoms with E-state index in [1.165, 1.54) is 35.6 Å². The summed E-state index contributed by atoms with van der Waals surface area (Å²) in [5.74, 6) is 2.16. The molecule has 1 N–H and O–H groups in total. The van der Waals surface area contributed by atoms with Crippen molar-refractivity contribution < 1.29 is 0 Å². The fourth-order valence-corrected chi connectivity index (χ4v) is 2.73. The van der Waals surface area contributed by atoms with Gasteiger partial charge in [-0.15, -0.1) is 11.8 Å². The average molecular weight is 263 g/mol. The molecule has 0 spiro atoms. The van der Waals surface area contributed by atoms with Crippen LogP contribution in [0.3, 0.4) is 0 Å². The molecule has 2 rings (SSSR count). The summed E-state index contributed by atoms with van der Waals surface area (Å²) < 4.78 is 0. The first-order chi connectivity index (χ1) is 8.55. The van der Waals surface area contributed by atoms with Crippen molar-refractivity contribution in [2.75, 3.05) is 18.8 Å². The van der Waals surface area contributed by atoms with Gasteiger partial charge in [-0.1, -0.05) is 32.9 Å². The van der Waals surface area contributed by atoms with E-state index < -0.39 is 0 Å². The van der Waals surface area contributed by atoms with E-state index in [-0.39, 0.29) is 5.41 Å². The van der Waals surface area contributed by atoms with Gasteiger partial charge in [0.25, 0.3) is 0 Å². The Kier molecular flexibility index (Phi) is 4.74. The smallest absolute Gasteiger partial charge is 0.0106 e. The summed E-state index contributed by atoms with van der Waals surface area (Å²) in [5.41, 5.74) is 1.67. The van der Waals surface area contributed by atoms with Crippen LogP contribution in [0.1, 0.15) is 39.2 Å². The minimum Gasteiger partial charge on any atom is -0.316 e. The van der Waals surface area contributed by atoms with Crippen LogP contribution in [0.25, 0.3) is 0 Å². The predicted molar refractivity (Wildman–Crippen MR) is 81.5 cm³/mol. The standard InChI is InChI=1S/C16H25NS/c1-16(2,3)14-6-8-15(9-7-14)18-11-10-17-12-13-4-5-13/h6-9,13,17H,4-5,10-12H2,1-3H3. The van der Waals surface area contributed by atoms with Gasteiger partial charge in [-0.2, -0.15) is 0 Å². The number of hydrogen-bond acceptors (Lipinski definition) is 2. The maximum Gasteiger partial charge on any atom is 0.0106 e. The van der Waals surface area contributed by atoms with Gasteiger partial charge in [0, 0.05) is 17.2 Å². The van der Waals surface area contributed by atoms with Gasteiger partial charge in [-0.3, -0.25) is 0 Å². The molecule has 1 saturated carbocycles. The van der Waals surface area contributed by atoms with E-state index in [0.717, 1.165) is 12.5 Å². The first kappa shape index (κ1) is 14.0. The molecule has 0 aromatic heterocycles. The van der Waals surface area contributed by atoms with Crippen LogP contribution in [-0.4, -0.2) is 18.8 Å². The highest BCUT2D eigenvalue weighted by molar-refractivity contribution is 7.99. The maximum absolute atomic E-state index is 3.53. The molecule has 1 aromatic rings. The Morgan fingerprint density at radius 1 is 1.17 bits per heavy atom. The largest absolute Gasteiger partial charge is 0.316 e. The summed E-state index contributed by atoms with van der Waals surface area (Å²) in [6.07, 6.45) is 2.88. The normalized spacial score (nSPS) is 15.9. The SMILES string of the molecule is CC(C)(C)c1ccc(SCCNCC2CC2)cc1. The van der Waals surface area contributed by atoms with Gasteiger partial charge in [0.2, 0.25) is 0 Å². The molecule has 0 atom stereocenters. The van der Waals surface area contributed by atoms with Crippen LogP contribution in [0.2, 0.25) is 0 Å². The molecule has 1 aliphatic rings. The van der Waals surface area contributed by atoms with Crippen molar-refractivity contribution >= 4 is 11.8 Å². The summed E-state index contributed by atoms with van der Waals surface area (Å²) in [5, 5.41) is 3.53. The van der Waals surface area contributed by atoms with E-state index >= 15 is 0 Å². The van der Waals surface area contributed by atoms with Crippen molar-refractivity contribution in [2.24, 2.45) is 5.92 Å². The zero-order valence-electron chi connectivity index (χ0n) is 11.8. The molecule has 1 nitrogen and oxygen atoms in total. The van der Waals surface area contributed by atoms with Crippen molar-refractivity contribution in [1.29, 1.82) is 0 Å². The Morgan fingerprint density at radius 2 is 1.83 bits per heavy atom. The minimum atomic E-state index is 0.259. The molecule has 0 saturated heterocycles. The lowest BCUT2D eigenvalue weighted by Crippen LogP contribution is -2.19. The highest BCUT2D eigenvalue weighted by atomic mass is 32.2. The third-order valence-corrected chi connectivity index (χ3v) is 4.41. The second-order valence-corrected chi connectivity index (χ2v) is 7.44. The molecule has 0 heterocycles. The molecule has 1 aliphatic carbocycles. The van der Waals surface area contributed by atoms with E-state index in [1.54, 1.807) is 0 Å². The van der Waals surface area contributed by atoms with Crippen LogP contribution in [-0.2, 0) is 5.41 Å². The molecule has 1 fully saturated rings. The van der Waals surface area contributed by atoms with Gasteiger partial charge < -0.3 is 5.32 Å². The Bertz CT molecular complexity index is 360. The summed E-state index contributed by atoms with van der Waals surface area (Å²) in [7, 11) is 0. The number of nitrogens with one attached hydrogen (secondary N) is 1. The summed E-state index contributed by atoms with van der Waals surface area (Å²) in [6.45, 7) is 9.14. The van der Waals surface area contributed by atoms with Crippen LogP contribution in [0, 0.1) is 5.92 Å². The zero-order valence-corrected chi connectivity index (χ0v) is 12.6. The van der Waals surface area contributed by atoms with Crippen LogP contribution in [0.5, 0.6) is 0 Å². The predicted octanol–water partition coefficient (Wildman–Crippen LogP) is 4.08. The third kappa shape index (κ3) is 4.66. The van der Waals surface area contributed by atoms with Gasteiger partial charge in [0.05, 0.1) is 0 Å². The molecule has 0 radical (unpaired) electrons. The van der Waals surface area contributed by atoms with Gasteiger partial charge in [-0.05, 0) is 48.4 Å². The van der Waals surface area contributed by atoms with Crippen molar-refractivity contribution in [2.45, 2.75) is 43.9 Å². The number of hydrogen-bond donors (Lipinski definition) is 1. The third-order valence-electron chi connectivity index (χ3n) is 3.40. The highest BCUT2D eigenvalue weighted by Crippen LogP contribution is 2.28. The Balaban J connectivity index is 1.69. The second kappa shape index (κ2) is 6.12. The second-order valence-electron chi connectivity index (χ2n) is 6.27. The molecule has 2 heteroatoms. The van der Waals surface area contributed by atoms with Crippen molar-refractivity contribution in [3.63, 3.8) is 0 Å². The summed E-state index contributed by atoms with van der Waals surface area (Å²) in [4.78, 5) is 1.39. The topological polar surface area (TPSA) is 12.0 Å². The molecule has 0 amide bonds. The van der Waals surface area contributed by atoms with Crippen LogP contribution < -0.4 is 5.32 Å². The zero-order chi connectivity index (χ0) is 13.0. The monoisotopic (exact) mass is 263 g/mol. The molecule has 0 unspecified atom stereocenters. The first-order valence-electron chi connectivity index (χ1n) is 7.00. The van der Waals surface area contributed by atoms with Crippen LogP contribution in [0.4, 0.5) is 0 Å². The van der Waals surface area contributed by atoms with E-state index in [4.69, 9.17) is 0 Å². The Labute approximate surface area is 116 Å². The van der Waals surface area contributed by atoms with E-state index in [1.807, 2.05) is 11.8 Å². The molecule has 100 valence electrons. The number of rotatable bonds is 6. The van der Waals surface area contributed by atoms with Crippen molar-refractivity contribution in [3.05, 3.63) is 29.8 Å². The minimum absolute atomic E-state index is 0.259. The van der Waals surface area contributed by atoms with E-state index in [0.29, 0.717) is 0 Å². The molecular weight excluding hydrogens is 238 g/mol. The van der Waals surface area contributed by atoms with Gasteiger partial charge in [-0.25, -0.2) is 0 Å². The number of thioether (sulfide) groups is 1. The molecule has 1 aromatic carbocycles. The van der Waals surface area contributed by atoms with Gasteiger partial charge >= 0.3 is 0 Å². The van der Waals surface area contributed by atoms with Crippen LogP contribution >= 0.6 is 11.8 Å². The average Bonchev–Trinajstić information content (AvgIpc) is 3.12. The number of benzene rings is 1. The van der Waals surface area contributed by atoms with Gasteiger partial charge in [0.15, 0.2) is 0 Å². The first-order valence-corrected chi connectivity index (χ1v) is 7.98. The van der Waals surface area contributed by atoms with Crippen molar-refractivity contribution in [3.8, 4) is 0 Å². The summed E-state index contributed by atoms with van der Waals surface area (Å²) in [6, 6.07) is 9.04. The molecule has 0 aliphatic heterocycles. The van der Waals surface area contributed by atoms with Crippen LogP contribution in [0.15, 0.2) is 29.2 Å². The maximum atomic E-state index is 3.53. The lowest BCUT2D eigenvalue weighted by atomic mass is 9.87. The lowest BCUT2D eigenvalue weighted by Gasteiger charge is -2.19. The summed E-state index contributed by atoms with van der Waals surface area (Å²) >= 11 is 1.95. The fourth-order valence-electron chi connectivity index (χ4n) is 1.92. The lowest BCUT2D eigenvalue weighted by molar-refractivity contribution is 0.590. The molecular formula is C16H25NS.